The van der Waals surface area contributed by atoms with E-state index < -0.39 is 23.9 Å². The zero-order valence-corrected chi connectivity index (χ0v) is 18.0. The molecule has 15 heteroatoms. The van der Waals surface area contributed by atoms with Crippen molar-refractivity contribution in [2.75, 3.05) is 0 Å². The summed E-state index contributed by atoms with van der Waals surface area (Å²) >= 11 is 0. The quantitative estimate of drug-likeness (QED) is 0.355. The molecule has 0 aliphatic carbocycles. The van der Waals surface area contributed by atoms with E-state index in [0.29, 0.717) is 0 Å². The first-order valence-corrected chi connectivity index (χ1v) is 3.71. The van der Waals surface area contributed by atoms with Gasteiger partial charge in [-0.2, -0.15) is 0 Å². The molecule has 0 aromatic rings. The second kappa shape index (κ2) is 67.1. The fraction of sp³-hybridized carbons (Fsp3) is 0.500. The minimum Gasteiger partial charge on any atom is -0.481 e. The van der Waals surface area contributed by atoms with Crippen LogP contribution in [0.2, 0.25) is 0 Å². The van der Waals surface area contributed by atoms with Crippen molar-refractivity contribution in [3.8, 4) is 0 Å². The second-order valence-corrected chi connectivity index (χ2v) is 2.08. The van der Waals surface area contributed by atoms with Crippen LogP contribution in [-0.2, 0) is 36.2 Å². The van der Waals surface area contributed by atoms with Gasteiger partial charge in [0.05, 0.1) is 0 Å². The van der Waals surface area contributed by atoms with Gasteiger partial charge in [-0.1, -0.05) is 0 Å². The first-order valence-electron chi connectivity index (χ1n) is 3.71. The number of hydrogen-bond donors (Lipinski definition) is 4. The maximum atomic E-state index is 9.00. The third-order valence-corrected chi connectivity index (χ3v) is 0. The maximum absolute atomic E-state index is 9.00. The summed E-state index contributed by atoms with van der Waals surface area (Å²) in [5.74, 6) is -3.33. The Hall–Kier alpha value is 0.139. The van der Waals surface area contributed by atoms with Crippen molar-refractivity contribution < 1.29 is 56.7 Å². The van der Waals surface area contributed by atoms with Gasteiger partial charge in [0.15, 0.2) is 0 Å². The van der Waals surface area contributed by atoms with E-state index >= 15 is 0 Å². The molecule has 0 amide bonds. The minimum atomic E-state index is -0.833. The minimum absolute atomic E-state index is 0. The Morgan fingerprint density at radius 1 is 0.435 bits per heavy atom. The Morgan fingerprint density at radius 2 is 0.435 bits per heavy atom. The van der Waals surface area contributed by atoms with Crippen molar-refractivity contribution in [1.29, 1.82) is 0 Å². The van der Waals surface area contributed by atoms with Crippen molar-refractivity contribution in [2.45, 2.75) is 27.7 Å². The molecule has 0 rings (SSSR count). The Kier molecular flexibility index (Phi) is 225. The fourth-order valence-corrected chi connectivity index (χ4v) is 0. The van der Waals surface area contributed by atoms with Gasteiger partial charge in [0.1, 0.15) is 0 Å². The molecule has 0 heterocycles. The van der Waals surface area contributed by atoms with Crippen molar-refractivity contribution in [2.24, 2.45) is 0 Å². The van der Waals surface area contributed by atoms with Crippen LogP contribution >= 0.6 is 74.4 Å². The molecule has 0 bridgehead atoms. The summed E-state index contributed by atoms with van der Waals surface area (Å²) in [7, 11) is 0. The van der Waals surface area contributed by atoms with E-state index in [1.807, 2.05) is 0 Å². The number of halogens is 6. The largest absolute Gasteiger partial charge is 0.481 e. The standard InChI is InChI=1S/4C2H4O2.6ClH.Cu/c4*1-2(3)4;;;;;;;/h4*1H3,(H,3,4);6*1H;. The molecule has 8 nitrogen and oxygen atoms in total. The average Bonchev–Trinajstić information content (AvgIpc) is 1.76. The van der Waals surface area contributed by atoms with Crippen LogP contribution in [0, 0.1) is 0 Å². The Morgan fingerprint density at radius 3 is 0.435 bits per heavy atom. The number of carbonyl (C=O) groups is 4. The van der Waals surface area contributed by atoms with Crippen LogP contribution in [-0.4, -0.2) is 44.3 Å². The fourth-order valence-electron chi connectivity index (χ4n) is 0. The van der Waals surface area contributed by atoms with E-state index in [1.165, 1.54) is 0 Å². The van der Waals surface area contributed by atoms with E-state index in [2.05, 4.69) is 0 Å². The number of carboxylic acid groups (broad SMARTS) is 4. The molecule has 0 spiro atoms. The molecule has 0 aromatic carbocycles. The molecule has 23 heavy (non-hydrogen) atoms. The monoisotopic (exact) mass is 519 g/mol. The summed E-state index contributed by atoms with van der Waals surface area (Å²) in [6.45, 7) is 4.33. The number of hydrogen-bond acceptors (Lipinski definition) is 4. The molecule has 0 fully saturated rings. The molecule has 0 saturated heterocycles. The summed E-state index contributed by atoms with van der Waals surface area (Å²) in [5, 5.41) is 29.7. The zero-order valence-electron chi connectivity index (χ0n) is 12.2. The summed E-state index contributed by atoms with van der Waals surface area (Å²) < 4.78 is 0. The van der Waals surface area contributed by atoms with E-state index in [-0.39, 0.29) is 91.5 Å². The van der Waals surface area contributed by atoms with Crippen LogP contribution in [0.5, 0.6) is 0 Å². The zero-order chi connectivity index (χ0) is 14.3. The molecule has 0 unspecified atom stereocenters. The van der Waals surface area contributed by atoms with Gasteiger partial charge in [-0.3, -0.25) is 19.2 Å². The normalized spacial score (nSPS) is 4.35. The van der Waals surface area contributed by atoms with Crippen LogP contribution < -0.4 is 0 Å². The van der Waals surface area contributed by atoms with Crippen LogP contribution in [0.25, 0.3) is 0 Å². The van der Waals surface area contributed by atoms with Crippen molar-refractivity contribution in [3.63, 3.8) is 0 Å². The van der Waals surface area contributed by atoms with E-state index in [0.717, 1.165) is 27.7 Å². The molecule has 0 aliphatic rings. The third kappa shape index (κ3) is 462000. The van der Waals surface area contributed by atoms with Gasteiger partial charge in [0.2, 0.25) is 0 Å². The van der Waals surface area contributed by atoms with Gasteiger partial charge in [0, 0.05) is 44.8 Å². The molecule has 155 valence electrons. The van der Waals surface area contributed by atoms with Gasteiger partial charge < -0.3 is 20.4 Å². The SMILES string of the molecule is CC(=O)O.CC(=O)O.CC(=O)O.CC(=O)O.Cl.Cl.Cl.Cl.Cl.Cl.[Cu]. The third-order valence-electron chi connectivity index (χ3n) is 0. The van der Waals surface area contributed by atoms with Gasteiger partial charge in [0.25, 0.3) is 23.9 Å². The molecular weight excluding hydrogens is 500 g/mol. The average molecular weight is 523 g/mol. The van der Waals surface area contributed by atoms with Crippen LogP contribution in [0.4, 0.5) is 0 Å². The van der Waals surface area contributed by atoms with Crippen LogP contribution in [0.15, 0.2) is 0 Å². The topological polar surface area (TPSA) is 149 Å². The molecule has 0 atom stereocenters. The summed E-state index contributed by atoms with van der Waals surface area (Å²) in [5.41, 5.74) is 0. The first kappa shape index (κ1) is 77.0. The summed E-state index contributed by atoms with van der Waals surface area (Å²) in [6, 6.07) is 0. The van der Waals surface area contributed by atoms with Gasteiger partial charge >= 0.3 is 0 Å². The van der Waals surface area contributed by atoms with Gasteiger partial charge in [-0.25, -0.2) is 0 Å². The van der Waals surface area contributed by atoms with E-state index in [1.54, 1.807) is 0 Å². The molecule has 0 aromatic heterocycles. The van der Waals surface area contributed by atoms with E-state index in [9.17, 15) is 0 Å². The summed E-state index contributed by atoms with van der Waals surface area (Å²) in [4.78, 5) is 36.0. The number of aliphatic carboxylic acids is 4. The molecule has 4 N–H and O–H groups in total. The van der Waals surface area contributed by atoms with E-state index in [4.69, 9.17) is 39.6 Å². The van der Waals surface area contributed by atoms with Crippen molar-refractivity contribution in [3.05, 3.63) is 0 Å². The van der Waals surface area contributed by atoms with Gasteiger partial charge in [-0.15, -0.1) is 74.4 Å². The molecular formula is C8H22Cl6CuO8. The van der Waals surface area contributed by atoms with Crippen LogP contribution in [0.1, 0.15) is 27.7 Å². The van der Waals surface area contributed by atoms with Gasteiger partial charge in [-0.05, 0) is 0 Å². The number of rotatable bonds is 0. The van der Waals surface area contributed by atoms with Crippen molar-refractivity contribution >= 4 is 98.3 Å². The van der Waals surface area contributed by atoms with Crippen molar-refractivity contribution in [1.82, 2.24) is 0 Å². The first-order chi connectivity index (χ1) is 6.93. The predicted molar refractivity (Wildman–Crippen MR) is 96.7 cm³/mol. The Bertz CT molecular complexity index is 181. The summed E-state index contributed by atoms with van der Waals surface area (Å²) in [6.07, 6.45) is 0. The smallest absolute Gasteiger partial charge is 0.300 e. The maximum Gasteiger partial charge on any atom is 0.300 e. The Balaban J connectivity index is -0.00000000842. The number of carboxylic acids is 4. The molecule has 1 radical (unpaired) electrons. The molecule has 0 aliphatic heterocycles. The Labute approximate surface area is 182 Å². The predicted octanol–water partition coefficient (Wildman–Crippen LogP) is 2.89. The van der Waals surface area contributed by atoms with Crippen LogP contribution in [0.3, 0.4) is 0 Å². The molecule has 0 saturated carbocycles. The second-order valence-electron chi connectivity index (χ2n) is 2.08.